The second-order valence-corrected chi connectivity index (χ2v) is 8.20. The van der Waals surface area contributed by atoms with E-state index in [1.165, 1.54) is 0 Å². The lowest BCUT2D eigenvalue weighted by Crippen LogP contribution is -2.35. The van der Waals surface area contributed by atoms with Gasteiger partial charge in [0.15, 0.2) is 0 Å². The average molecular weight is 427 g/mol. The quantitative estimate of drug-likeness (QED) is 0.621. The molecule has 2 heterocycles. The van der Waals surface area contributed by atoms with Gasteiger partial charge in [0.25, 0.3) is 0 Å². The Bertz CT molecular complexity index is 1060. The fraction of sp³-hybridized carbons (Fsp3) is 0.190. The molecular weight excluding hydrogens is 408 g/mol. The zero-order valence-electron chi connectivity index (χ0n) is 15.7. The summed E-state index contributed by atoms with van der Waals surface area (Å²) in [5, 5.41) is 10.7. The van der Waals surface area contributed by atoms with E-state index in [-0.39, 0.29) is 6.54 Å². The third-order valence-corrected chi connectivity index (χ3v) is 5.86. The Morgan fingerprint density at radius 2 is 1.79 bits per heavy atom. The molecule has 1 aliphatic heterocycles. The van der Waals surface area contributed by atoms with Gasteiger partial charge in [-0.25, -0.2) is 4.68 Å². The van der Waals surface area contributed by atoms with Crippen LogP contribution in [0.5, 0.6) is 0 Å². The fourth-order valence-electron chi connectivity index (χ4n) is 3.04. The summed E-state index contributed by atoms with van der Waals surface area (Å²) in [4.78, 5) is 24.8. The van der Waals surface area contributed by atoms with Gasteiger partial charge < -0.3 is 10.6 Å². The Balaban J connectivity index is 1.50. The maximum absolute atomic E-state index is 12.5. The maximum Gasteiger partial charge on any atom is 0.314 e. The highest BCUT2D eigenvalue weighted by Crippen LogP contribution is 2.36. The summed E-state index contributed by atoms with van der Waals surface area (Å²) in [5.41, 5.74) is 4.74. The first-order valence-electron chi connectivity index (χ1n) is 9.10. The van der Waals surface area contributed by atoms with E-state index < -0.39 is 11.8 Å². The number of thioether (sulfide) groups is 1. The molecule has 1 aliphatic rings. The van der Waals surface area contributed by atoms with Gasteiger partial charge >= 0.3 is 11.8 Å². The molecule has 6 nitrogen and oxygen atoms in total. The van der Waals surface area contributed by atoms with Crippen molar-refractivity contribution in [2.45, 2.75) is 25.0 Å². The number of nitrogens with one attached hydrogen (secondary N) is 2. The van der Waals surface area contributed by atoms with Crippen LogP contribution in [0.15, 0.2) is 48.5 Å². The second-order valence-electron chi connectivity index (χ2n) is 6.78. The third kappa shape index (κ3) is 4.31. The first kappa shape index (κ1) is 19.5. The van der Waals surface area contributed by atoms with Crippen molar-refractivity contribution in [3.63, 3.8) is 0 Å². The van der Waals surface area contributed by atoms with Crippen LogP contribution in [-0.2, 0) is 27.6 Å². The predicted octanol–water partition coefficient (Wildman–Crippen LogP) is 3.84. The minimum Gasteiger partial charge on any atom is -0.344 e. The van der Waals surface area contributed by atoms with Gasteiger partial charge in [-0.1, -0.05) is 41.4 Å². The lowest BCUT2D eigenvalue weighted by atomic mass is 10.2. The Morgan fingerprint density at radius 1 is 1.07 bits per heavy atom. The molecule has 2 amide bonds. The van der Waals surface area contributed by atoms with E-state index in [0.717, 1.165) is 39.6 Å². The van der Waals surface area contributed by atoms with Crippen LogP contribution in [0.25, 0.3) is 5.69 Å². The molecule has 0 fully saturated rings. The van der Waals surface area contributed by atoms with Crippen molar-refractivity contribution in [2.75, 3.05) is 5.32 Å². The molecule has 0 radical (unpaired) electrons. The van der Waals surface area contributed by atoms with Crippen molar-refractivity contribution in [1.82, 2.24) is 15.1 Å². The number of hydrogen-bond donors (Lipinski definition) is 2. The number of amides is 2. The van der Waals surface area contributed by atoms with E-state index >= 15 is 0 Å². The van der Waals surface area contributed by atoms with Gasteiger partial charge in [0, 0.05) is 28.6 Å². The van der Waals surface area contributed by atoms with Gasteiger partial charge in [-0.2, -0.15) is 16.9 Å². The summed E-state index contributed by atoms with van der Waals surface area (Å²) in [6.07, 6.45) is 0. The molecule has 2 aromatic carbocycles. The molecule has 0 spiro atoms. The molecule has 0 bridgehead atoms. The van der Waals surface area contributed by atoms with Crippen LogP contribution in [-0.4, -0.2) is 21.6 Å². The number of carbonyl (C=O) groups is 2. The monoisotopic (exact) mass is 426 g/mol. The van der Waals surface area contributed by atoms with Crippen LogP contribution in [0.2, 0.25) is 5.02 Å². The Hall–Kier alpha value is -2.77. The van der Waals surface area contributed by atoms with Crippen molar-refractivity contribution in [3.8, 4) is 5.69 Å². The van der Waals surface area contributed by atoms with Gasteiger partial charge in [-0.15, -0.1) is 0 Å². The number of anilines is 1. The number of hydrogen-bond acceptors (Lipinski definition) is 4. The average Bonchev–Trinajstić information content (AvgIpc) is 3.30. The molecular formula is C21H19ClN4O2S. The largest absolute Gasteiger partial charge is 0.344 e. The number of aromatic nitrogens is 2. The van der Waals surface area contributed by atoms with Crippen LogP contribution in [0.4, 0.5) is 5.82 Å². The molecule has 2 N–H and O–H groups in total. The van der Waals surface area contributed by atoms with E-state index in [9.17, 15) is 9.59 Å². The number of halogens is 1. The summed E-state index contributed by atoms with van der Waals surface area (Å²) in [7, 11) is 0. The van der Waals surface area contributed by atoms with Gasteiger partial charge in [-0.05, 0) is 36.8 Å². The third-order valence-electron chi connectivity index (χ3n) is 4.63. The number of aryl methyl sites for hydroxylation is 1. The summed E-state index contributed by atoms with van der Waals surface area (Å²) in [6, 6.07) is 15.0. The molecule has 1 aromatic heterocycles. The summed E-state index contributed by atoms with van der Waals surface area (Å²) < 4.78 is 1.70. The molecule has 0 saturated carbocycles. The molecule has 148 valence electrons. The zero-order chi connectivity index (χ0) is 20.4. The molecule has 29 heavy (non-hydrogen) atoms. The normalized spacial score (nSPS) is 12.5. The summed E-state index contributed by atoms with van der Waals surface area (Å²) in [6.45, 7) is 2.26. The number of rotatable bonds is 4. The van der Waals surface area contributed by atoms with Gasteiger partial charge in [0.1, 0.15) is 5.82 Å². The highest BCUT2D eigenvalue weighted by Gasteiger charge is 2.26. The SMILES string of the molecule is Cc1ccc(-n2nc3c(c2NC(=O)C(=O)NCc2ccc(Cl)cc2)CSC3)cc1. The van der Waals surface area contributed by atoms with E-state index in [2.05, 4.69) is 15.7 Å². The van der Waals surface area contributed by atoms with Crippen molar-refractivity contribution in [1.29, 1.82) is 0 Å². The zero-order valence-corrected chi connectivity index (χ0v) is 17.3. The lowest BCUT2D eigenvalue weighted by Gasteiger charge is -2.11. The first-order chi connectivity index (χ1) is 14.0. The first-order valence-corrected chi connectivity index (χ1v) is 10.6. The van der Waals surface area contributed by atoms with Gasteiger partial charge in [-0.3, -0.25) is 9.59 Å². The fourth-order valence-corrected chi connectivity index (χ4v) is 4.20. The second kappa shape index (κ2) is 8.31. The highest BCUT2D eigenvalue weighted by molar-refractivity contribution is 7.98. The summed E-state index contributed by atoms with van der Waals surface area (Å²) >= 11 is 7.60. The molecule has 0 unspecified atom stereocenters. The van der Waals surface area contributed by atoms with Gasteiger partial charge in [0.05, 0.1) is 11.4 Å². The maximum atomic E-state index is 12.5. The lowest BCUT2D eigenvalue weighted by molar-refractivity contribution is -0.136. The molecule has 3 aromatic rings. The predicted molar refractivity (Wildman–Crippen MR) is 115 cm³/mol. The summed E-state index contributed by atoms with van der Waals surface area (Å²) in [5.74, 6) is 0.687. The van der Waals surface area contributed by atoms with Crippen molar-refractivity contribution in [3.05, 3.63) is 75.9 Å². The molecule has 8 heteroatoms. The minimum absolute atomic E-state index is 0.245. The van der Waals surface area contributed by atoms with E-state index in [1.807, 2.05) is 31.2 Å². The van der Waals surface area contributed by atoms with Crippen molar-refractivity contribution >= 4 is 41.0 Å². The van der Waals surface area contributed by atoms with E-state index in [0.29, 0.717) is 10.8 Å². The standard InChI is InChI=1S/C21H19ClN4O2S/c1-13-2-8-16(9-3-13)26-19(17-11-29-12-18(17)25-26)24-21(28)20(27)23-10-14-4-6-15(22)7-5-14/h2-9H,10-12H2,1H3,(H,23,27)(H,24,28). The van der Waals surface area contributed by atoms with Gasteiger partial charge in [0.2, 0.25) is 0 Å². The van der Waals surface area contributed by atoms with Crippen LogP contribution in [0.1, 0.15) is 22.4 Å². The molecule has 0 aliphatic carbocycles. The number of nitrogens with zero attached hydrogens (tertiary/aromatic N) is 2. The van der Waals surface area contributed by atoms with Crippen molar-refractivity contribution in [2.24, 2.45) is 0 Å². The minimum atomic E-state index is -0.716. The molecule has 0 atom stereocenters. The number of fused-ring (bicyclic) bond motifs is 1. The highest BCUT2D eigenvalue weighted by atomic mass is 35.5. The van der Waals surface area contributed by atoms with Crippen molar-refractivity contribution < 1.29 is 9.59 Å². The Labute approximate surface area is 177 Å². The van der Waals surface area contributed by atoms with E-state index in [1.54, 1.807) is 40.7 Å². The van der Waals surface area contributed by atoms with Crippen LogP contribution in [0, 0.1) is 6.92 Å². The number of carbonyl (C=O) groups excluding carboxylic acids is 2. The Kier molecular flexibility index (Phi) is 5.60. The topological polar surface area (TPSA) is 76.0 Å². The van der Waals surface area contributed by atoms with E-state index in [4.69, 9.17) is 11.6 Å². The molecule has 4 rings (SSSR count). The smallest absolute Gasteiger partial charge is 0.314 e. The number of benzene rings is 2. The van der Waals surface area contributed by atoms with Crippen LogP contribution in [0.3, 0.4) is 0 Å². The molecule has 0 saturated heterocycles. The van der Waals surface area contributed by atoms with Crippen LogP contribution >= 0.6 is 23.4 Å². The van der Waals surface area contributed by atoms with Crippen LogP contribution < -0.4 is 10.6 Å². The Morgan fingerprint density at radius 3 is 2.52 bits per heavy atom.